The molecule has 3 rings (SSSR count). The number of hydrogen-bond donors (Lipinski definition) is 2. The highest BCUT2D eigenvalue weighted by Gasteiger charge is 2.18. The minimum atomic E-state index is -0.110. The van der Waals surface area contributed by atoms with E-state index in [1.165, 1.54) is 11.3 Å². The van der Waals surface area contributed by atoms with Crippen LogP contribution in [0.1, 0.15) is 39.3 Å². The van der Waals surface area contributed by atoms with Crippen molar-refractivity contribution in [1.82, 2.24) is 15.3 Å². The van der Waals surface area contributed by atoms with Crippen molar-refractivity contribution < 1.29 is 14.0 Å². The number of ketones is 1. The second-order valence-electron chi connectivity index (χ2n) is 5.84. The Hall–Kier alpha value is -2.67. The van der Waals surface area contributed by atoms with Gasteiger partial charge in [-0.2, -0.15) is 0 Å². The fourth-order valence-electron chi connectivity index (χ4n) is 2.84. The minimum absolute atomic E-state index is 0.0326. The molecule has 7 heteroatoms. The second kappa shape index (κ2) is 7.06. The molecule has 0 bridgehead atoms. The van der Waals surface area contributed by atoms with E-state index in [1.54, 1.807) is 19.3 Å². The molecular formula is C18H19N3O3S. The van der Waals surface area contributed by atoms with Crippen molar-refractivity contribution >= 4 is 23.0 Å². The summed E-state index contributed by atoms with van der Waals surface area (Å²) in [6, 6.07) is 3.59. The second-order valence-corrected chi connectivity index (χ2v) is 6.78. The molecule has 3 aromatic rings. The number of nitrogens with one attached hydrogen (secondary N) is 2. The van der Waals surface area contributed by atoms with Crippen LogP contribution in [0.4, 0.5) is 0 Å². The third-order valence-electron chi connectivity index (χ3n) is 3.95. The third-order valence-corrected chi connectivity index (χ3v) is 4.80. The minimum Gasteiger partial charge on any atom is -0.467 e. The molecule has 0 saturated carbocycles. The first-order chi connectivity index (χ1) is 12.0. The summed E-state index contributed by atoms with van der Waals surface area (Å²) >= 11 is 1.43. The summed E-state index contributed by atoms with van der Waals surface area (Å²) in [6.07, 6.45) is 1.79. The van der Waals surface area contributed by atoms with Crippen LogP contribution in [-0.2, 0) is 17.8 Å². The number of hydrogen-bond acceptors (Lipinski definition) is 5. The predicted molar refractivity (Wildman–Crippen MR) is 95.6 cm³/mol. The van der Waals surface area contributed by atoms with Crippen molar-refractivity contribution in [2.24, 2.45) is 0 Å². The molecule has 2 N–H and O–H groups in total. The van der Waals surface area contributed by atoms with Gasteiger partial charge in [0.15, 0.2) is 5.78 Å². The van der Waals surface area contributed by atoms with Crippen molar-refractivity contribution in [3.05, 3.63) is 51.4 Å². The number of amides is 1. The Morgan fingerprint density at radius 3 is 2.80 bits per heavy atom. The lowest BCUT2D eigenvalue weighted by Gasteiger charge is -2.01. The smallest absolute Gasteiger partial charge is 0.227 e. The zero-order valence-electron chi connectivity index (χ0n) is 14.3. The van der Waals surface area contributed by atoms with Gasteiger partial charge in [0, 0.05) is 16.6 Å². The Morgan fingerprint density at radius 2 is 2.16 bits per heavy atom. The topological polar surface area (TPSA) is 88.0 Å². The molecule has 6 nitrogen and oxygen atoms in total. The van der Waals surface area contributed by atoms with Gasteiger partial charge in [0.05, 0.1) is 30.6 Å². The maximum atomic E-state index is 12.0. The molecule has 0 aliphatic carbocycles. The first kappa shape index (κ1) is 17.2. The van der Waals surface area contributed by atoms with E-state index < -0.39 is 0 Å². The summed E-state index contributed by atoms with van der Waals surface area (Å²) in [4.78, 5) is 31.5. The molecule has 0 fully saturated rings. The van der Waals surface area contributed by atoms with Crippen LogP contribution < -0.4 is 5.32 Å². The van der Waals surface area contributed by atoms with Gasteiger partial charge in [-0.05, 0) is 38.5 Å². The van der Waals surface area contributed by atoms with Crippen molar-refractivity contribution in [3.8, 4) is 11.4 Å². The Kier molecular flexibility index (Phi) is 4.85. The van der Waals surface area contributed by atoms with Crippen molar-refractivity contribution in [1.29, 1.82) is 0 Å². The molecule has 1 amide bonds. The van der Waals surface area contributed by atoms with Crippen molar-refractivity contribution in [3.63, 3.8) is 0 Å². The lowest BCUT2D eigenvalue weighted by molar-refractivity contribution is -0.120. The van der Waals surface area contributed by atoms with Gasteiger partial charge in [-0.25, -0.2) is 4.98 Å². The average molecular weight is 357 g/mol. The number of thiazole rings is 1. The van der Waals surface area contributed by atoms with Gasteiger partial charge in [0.1, 0.15) is 10.8 Å². The highest BCUT2D eigenvalue weighted by atomic mass is 32.1. The first-order valence-electron chi connectivity index (χ1n) is 7.89. The molecule has 0 unspecified atom stereocenters. The predicted octanol–water partition coefficient (Wildman–Crippen LogP) is 3.41. The summed E-state index contributed by atoms with van der Waals surface area (Å²) in [5, 5.41) is 5.43. The van der Waals surface area contributed by atoms with Gasteiger partial charge in [0.25, 0.3) is 0 Å². The molecular weight excluding hydrogens is 338 g/mol. The Bertz CT molecular complexity index is 906. The van der Waals surface area contributed by atoms with Crippen LogP contribution in [0.5, 0.6) is 0 Å². The summed E-state index contributed by atoms with van der Waals surface area (Å²) < 4.78 is 5.18. The molecule has 0 aromatic carbocycles. The molecule has 0 aliphatic heterocycles. The van der Waals surface area contributed by atoms with E-state index in [-0.39, 0.29) is 18.1 Å². The van der Waals surface area contributed by atoms with Gasteiger partial charge in [-0.15, -0.1) is 11.3 Å². The standard InChI is InChI=1S/C18H19N3O3S/c1-10-17(12(3)22)11(2)20-18(10)14-9-25-16(21-14)7-15(23)19-8-13-5-4-6-24-13/h4-6,9,20H,7-8H2,1-3H3,(H,19,23). The maximum Gasteiger partial charge on any atom is 0.227 e. The van der Waals surface area contributed by atoms with E-state index in [4.69, 9.17) is 4.42 Å². The highest BCUT2D eigenvalue weighted by molar-refractivity contribution is 7.10. The number of aromatic amines is 1. The molecule has 0 radical (unpaired) electrons. The monoisotopic (exact) mass is 357 g/mol. The van der Waals surface area contributed by atoms with Crippen LogP contribution in [0, 0.1) is 13.8 Å². The van der Waals surface area contributed by atoms with Gasteiger partial charge < -0.3 is 14.7 Å². The van der Waals surface area contributed by atoms with Crippen molar-refractivity contribution in [2.45, 2.75) is 33.7 Å². The molecule has 130 valence electrons. The summed E-state index contributed by atoms with van der Waals surface area (Å²) in [5.41, 5.74) is 4.03. The number of nitrogens with zero attached hydrogens (tertiary/aromatic N) is 1. The lowest BCUT2D eigenvalue weighted by Crippen LogP contribution is -2.24. The van der Waals surface area contributed by atoms with E-state index in [1.807, 2.05) is 25.3 Å². The Balaban J connectivity index is 1.69. The number of carbonyl (C=O) groups excluding carboxylic acids is 2. The van der Waals surface area contributed by atoms with E-state index >= 15 is 0 Å². The summed E-state index contributed by atoms with van der Waals surface area (Å²) in [7, 11) is 0. The average Bonchev–Trinajstić information content (AvgIpc) is 3.26. The zero-order chi connectivity index (χ0) is 18.0. The number of Topliss-reactive ketones (excluding diaryl/α,β-unsaturated/α-hetero) is 1. The molecule has 0 aliphatic rings. The molecule has 0 atom stereocenters. The van der Waals surface area contributed by atoms with E-state index in [0.717, 1.165) is 27.7 Å². The van der Waals surface area contributed by atoms with Crippen molar-refractivity contribution in [2.75, 3.05) is 0 Å². The third kappa shape index (κ3) is 3.71. The fourth-order valence-corrected chi connectivity index (χ4v) is 3.62. The Labute approximate surface area is 149 Å². The zero-order valence-corrected chi connectivity index (χ0v) is 15.1. The summed E-state index contributed by atoms with van der Waals surface area (Å²) in [5.74, 6) is 0.633. The van der Waals surface area contributed by atoms with Crippen LogP contribution in [-0.4, -0.2) is 21.7 Å². The van der Waals surface area contributed by atoms with Crippen LogP contribution in [0.25, 0.3) is 11.4 Å². The molecule has 0 saturated heterocycles. The fraction of sp³-hybridized carbons (Fsp3) is 0.278. The number of carbonyl (C=O) groups is 2. The number of H-pyrrole nitrogens is 1. The van der Waals surface area contributed by atoms with Crippen LogP contribution in [0.2, 0.25) is 0 Å². The number of rotatable bonds is 6. The van der Waals surface area contributed by atoms with E-state index in [2.05, 4.69) is 15.3 Å². The number of furan rings is 1. The van der Waals surface area contributed by atoms with Gasteiger partial charge in [-0.1, -0.05) is 0 Å². The van der Waals surface area contributed by atoms with Crippen LogP contribution in [0.3, 0.4) is 0 Å². The number of aromatic nitrogens is 2. The maximum absolute atomic E-state index is 12.0. The van der Waals surface area contributed by atoms with Gasteiger partial charge in [-0.3, -0.25) is 9.59 Å². The van der Waals surface area contributed by atoms with Gasteiger partial charge in [0.2, 0.25) is 5.91 Å². The molecule has 0 spiro atoms. The lowest BCUT2D eigenvalue weighted by atomic mass is 10.1. The largest absolute Gasteiger partial charge is 0.467 e. The molecule has 3 aromatic heterocycles. The quantitative estimate of drug-likeness (QED) is 0.662. The van der Waals surface area contributed by atoms with Gasteiger partial charge >= 0.3 is 0 Å². The van der Waals surface area contributed by atoms with Crippen LogP contribution >= 0.6 is 11.3 Å². The van der Waals surface area contributed by atoms with Crippen LogP contribution in [0.15, 0.2) is 28.2 Å². The highest BCUT2D eigenvalue weighted by Crippen LogP contribution is 2.28. The van der Waals surface area contributed by atoms with E-state index in [9.17, 15) is 9.59 Å². The molecule has 25 heavy (non-hydrogen) atoms. The SMILES string of the molecule is CC(=O)c1c(C)[nH]c(-c2csc(CC(=O)NCc3ccco3)n2)c1C. The Morgan fingerprint density at radius 1 is 1.36 bits per heavy atom. The first-order valence-corrected chi connectivity index (χ1v) is 8.77. The van der Waals surface area contributed by atoms with E-state index in [0.29, 0.717) is 17.9 Å². The normalized spacial score (nSPS) is 10.8. The number of aryl methyl sites for hydroxylation is 1. The summed E-state index contributed by atoms with van der Waals surface area (Å²) in [6.45, 7) is 5.71. The molecule has 3 heterocycles.